The van der Waals surface area contributed by atoms with E-state index in [1.807, 2.05) is 4.68 Å². The molecule has 8 heteroatoms. The highest BCUT2D eigenvalue weighted by Crippen LogP contribution is 2.16. The third-order valence-corrected chi connectivity index (χ3v) is 5.42. The Morgan fingerprint density at radius 3 is 2.87 bits per heavy atom. The van der Waals surface area contributed by atoms with Crippen LogP contribution in [0.25, 0.3) is 0 Å². The minimum atomic E-state index is 0. The lowest BCUT2D eigenvalue weighted by atomic mass is 10.0. The van der Waals surface area contributed by atoms with E-state index in [9.17, 15) is 0 Å². The fraction of sp³-hybridized carbons (Fsp3) is 0.591. The van der Waals surface area contributed by atoms with Gasteiger partial charge in [0.15, 0.2) is 5.96 Å². The minimum absolute atomic E-state index is 0. The van der Waals surface area contributed by atoms with Crippen molar-refractivity contribution in [1.82, 2.24) is 30.3 Å². The molecule has 7 nitrogen and oxygen atoms in total. The highest BCUT2D eigenvalue weighted by Gasteiger charge is 2.17. The number of guanidine groups is 1. The van der Waals surface area contributed by atoms with Gasteiger partial charge in [-0.25, -0.2) is 14.7 Å². The monoisotopic (exact) mass is 525 g/mol. The number of halogens is 1. The maximum Gasteiger partial charge on any atom is 0.191 e. The molecule has 166 valence electrons. The molecule has 2 N–H and O–H groups in total. The summed E-state index contributed by atoms with van der Waals surface area (Å²) < 4.78 is 1.83. The molecule has 0 aliphatic carbocycles. The van der Waals surface area contributed by atoms with Gasteiger partial charge in [0.2, 0.25) is 0 Å². The SMILES string of the molecule is CCNC(=NCc1cccc(Cn2cncn2)c1)NCCCN1CCCCC1C.I. The van der Waals surface area contributed by atoms with Crippen LogP contribution in [0.1, 0.15) is 50.7 Å². The molecule has 0 bridgehead atoms. The molecule has 0 saturated carbocycles. The summed E-state index contributed by atoms with van der Waals surface area (Å²) >= 11 is 0. The zero-order chi connectivity index (χ0) is 20.3. The van der Waals surface area contributed by atoms with Crippen LogP contribution < -0.4 is 10.6 Å². The van der Waals surface area contributed by atoms with Gasteiger partial charge in [0.1, 0.15) is 12.7 Å². The molecule has 1 saturated heterocycles. The molecule has 0 spiro atoms. The second-order valence-corrected chi connectivity index (χ2v) is 7.77. The zero-order valence-electron chi connectivity index (χ0n) is 18.3. The number of benzene rings is 1. The summed E-state index contributed by atoms with van der Waals surface area (Å²) in [5, 5.41) is 11.0. The largest absolute Gasteiger partial charge is 0.357 e. The van der Waals surface area contributed by atoms with Crippen LogP contribution in [0.15, 0.2) is 41.9 Å². The van der Waals surface area contributed by atoms with Crippen molar-refractivity contribution in [2.75, 3.05) is 26.2 Å². The van der Waals surface area contributed by atoms with Crippen LogP contribution in [0.4, 0.5) is 0 Å². The molecule has 1 fully saturated rings. The van der Waals surface area contributed by atoms with Gasteiger partial charge in [-0.3, -0.25) is 0 Å². The molecule has 1 aromatic carbocycles. The summed E-state index contributed by atoms with van der Waals surface area (Å²) in [6.07, 6.45) is 8.51. The Morgan fingerprint density at radius 2 is 2.10 bits per heavy atom. The number of hydrogen-bond acceptors (Lipinski definition) is 4. The Bertz CT molecular complexity index is 748. The third-order valence-electron chi connectivity index (χ3n) is 5.42. The van der Waals surface area contributed by atoms with Crippen LogP contribution >= 0.6 is 24.0 Å². The zero-order valence-corrected chi connectivity index (χ0v) is 20.6. The van der Waals surface area contributed by atoms with E-state index in [4.69, 9.17) is 4.99 Å². The maximum atomic E-state index is 4.77. The topological polar surface area (TPSA) is 70.4 Å². The van der Waals surface area contributed by atoms with Gasteiger partial charge in [-0.1, -0.05) is 30.7 Å². The van der Waals surface area contributed by atoms with Crippen molar-refractivity contribution in [2.45, 2.75) is 58.7 Å². The molecule has 3 rings (SSSR count). The van der Waals surface area contributed by atoms with Crippen LogP contribution in [0.3, 0.4) is 0 Å². The number of nitrogens with one attached hydrogen (secondary N) is 2. The summed E-state index contributed by atoms with van der Waals surface area (Å²) in [7, 11) is 0. The Labute approximate surface area is 197 Å². The van der Waals surface area contributed by atoms with E-state index in [0.29, 0.717) is 6.54 Å². The van der Waals surface area contributed by atoms with Crippen LogP contribution in [0.5, 0.6) is 0 Å². The molecular formula is C22H36IN7. The highest BCUT2D eigenvalue weighted by atomic mass is 127. The standard InChI is InChI=1S/C22H35N7.HI/c1-3-24-22(25-11-7-13-28-12-5-4-8-19(28)2)26-15-20-9-6-10-21(14-20)16-29-18-23-17-27-29;/h6,9-10,14,17-19H,3-5,7-8,11-13,15-16H2,1-2H3,(H2,24,25,26);1H. The van der Waals surface area contributed by atoms with Crippen molar-refractivity contribution < 1.29 is 0 Å². The van der Waals surface area contributed by atoms with Gasteiger partial charge in [-0.2, -0.15) is 5.10 Å². The van der Waals surface area contributed by atoms with Gasteiger partial charge >= 0.3 is 0 Å². The maximum absolute atomic E-state index is 4.77. The van der Waals surface area contributed by atoms with E-state index in [0.717, 1.165) is 44.6 Å². The lowest BCUT2D eigenvalue weighted by Crippen LogP contribution is -2.41. The van der Waals surface area contributed by atoms with Gasteiger partial charge in [-0.15, -0.1) is 24.0 Å². The molecule has 2 aromatic rings. The van der Waals surface area contributed by atoms with Crippen LogP contribution in [0.2, 0.25) is 0 Å². The molecule has 0 radical (unpaired) electrons. The molecule has 1 aliphatic rings. The van der Waals surface area contributed by atoms with Gasteiger partial charge in [0.05, 0.1) is 13.1 Å². The first kappa shape index (κ1) is 24.6. The first-order valence-corrected chi connectivity index (χ1v) is 10.9. The number of rotatable bonds is 9. The fourth-order valence-corrected chi connectivity index (χ4v) is 3.82. The summed E-state index contributed by atoms with van der Waals surface area (Å²) in [5.74, 6) is 0.890. The predicted molar refractivity (Wildman–Crippen MR) is 133 cm³/mol. The lowest BCUT2D eigenvalue weighted by Gasteiger charge is -2.33. The van der Waals surface area contributed by atoms with Crippen LogP contribution in [-0.2, 0) is 13.1 Å². The van der Waals surface area contributed by atoms with E-state index in [1.54, 1.807) is 12.7 Å². The van der Waals surface area contributed by atoms with Crippen molar-refractivity contribution >= 4 is 29.9 Å². The van der Waals surface area contributed by atoms with Crippen molar-refractivity contribution in [3.63, 3.8) is 0 Å². The highest BCUT2D eigenvalue weighted by molar-refractivity contribution is 14.0. The number of hydrogen-bond donors (Lipinski definition) is 2. The Kier molecular flexibility index (Phi) is 11.1. The Morgan fingerprint density at radius 1 is 1.23 bits per heavy atom. The molecular weight excluding hydrogens is 489 g/mol. The summed E-state index contributed by atoms with van der Waals surface area (Å²) in [6.45, 7) is 10.1. The molecule has 1 aromatic heterocycles. The predicted octanol–water partition coefficient (Wildman–Crippen LogP) is 3.26. The summed E-state index contributed by atoms with van der Waals surface area (Å²) in [5.41, 5.74) is 2.40. The first-order valence-electron chi connectivity index (χ1n) is 10.9. The number of aromatic nitrogens is 3. The van der Waals surface area contributed by atoms with Crippen molar-refractivity contribution in [3.05, 3.63) is 48.0 Å². The molecule has 2 heterocycles. The van der Waals surface area contributed by atoms with E-state index < -0.39 is 0 Å². The number of piperidine rings is 1. The van der Waals surface area contributed by atoms with E-state index in [2.05, 4.69) is 63.7 Å². The van der Waals surface area contributed by atoms with E-state index in [1.165, 1.54) is 36.9 Å². The van der Waals surface area contributed by atoms with Crippen LogP contribution in [0, 0.1) is 0 Å². The fourth-order valence-electron chi connectivity index (χ4n) is 3.82. The van der Waals surface area contributed by atoms with Gasteiger partial charge in [-0.05, 0) is 50.8 Å². The Balaban J connectivity index is 0.00000320. The lowest BCUT2D eigenvalue weighted by molar-refractivity contribution is 0.159. The minimum Gasteiger partial charge on any atom is -0.357 e. The second kappa shape index (κ2) is 13.6. The quantitative estimate of drug-likeness (QED) is 0.228. The van der Waals surface area contributed by atoms with Crippen molar-refractivity contribution in [1.29, 1.82) is 0 Å². The number of likely N-dealkylation sites (tertiary alicyclic amines) is 1. The van der Waals surface area contributed by atoms with Crippen LogP contribution in [-0.4, -0.2) is 57.8 Å². The van der Waals surface area contributed by atoms with Crippen molar-refractivity contribution in [3.8, 4) is 0 Å². The summed E-state index contributed by atoms with van der Waals surface area (Å²) in [6, 6.07) is 9.23. The van der Waals surface area contributed by atoms with E-state index in [-0.39, 0.29) is 24.0 Å². The smallest absolute Gasteiger partial charge is 0.191 e. The van der Waals surface area contributed by atoms with E-state index >= 15 is 0 Å². The Hall–Kier alpha value is -1.68. The molecule has 1 atom stereocenters. The molecule has 1 aliphatic heterocycles. The second-order valence-electron chi connectivity index (χ2n) is 7.77. The number of nitrogens with zero attached hydrogens (tertiary/aromatic N) is 5. The molecule has 0 amide bonds. The van der Waals surface area contributed by atoms with Gasteiger partial charge in [0, 0.05) is 25.7 Å². The first-order chi connectivity index (χ1) is 14.2. The molecule has 1 unspecified atom stereocenters. The number of aliphatic imine (C=N–C) groups is 1. The summed E-state index contributed by atoms with van der Waals surface area (Å²) in [4.78, 5) is 11.4. The normalized spacial score (nSPS) is 17.4. The molecule has 30 heavy (non-hydrogen) atoms. The van der Waals surface area contributed by atoms with Crippen molar-refractivity contribution in [2.24, 2.45) is 4.99 Å². The van der Waals surface area contributed by atoms with Gasteiger partial charge < -0.3 is 15.5 Å². The van der Waals surface area contributed by atoms with Gasteiger partial charge in [0.25, 0.3) is 0 Å². The average Bonchev–Trinajstić information content (AvgIpc) is 3.24. The average molecular weight is 525 g/mol. The third kappa shape index (κ3) is 8.22.